The average Bonchev–Trinajstić information content (AvgIpc) is 2.55. The van der Waals surface area contributed by atoms with E-state index in [4.69, 9.17) is 4.74 Å². The maximum Gasteiger partial charge on any atom is 0.323 e. The molecule has 7 heteroatoms. The van der Waals surface area contributed by atoms with Crippen LogP contribution in [0.2, 0.25) is 0 Å². The Labute approximate surface area is 108 Å². The van der Waals surface area contributed by atoms with E-state index in [-0.39, 0.29) is 24.2 Å². The summed E-state index contributed by atoms with van der Waals surface area (Å²) in [6.07, 6.45) is 3.54. The van der Waals surface area contributed by atoms with Crippen LogP contribution in [0.4, 0.5) is 0 Å². The number of esters is 1. The fraction of sp³-hybridized carbons (Fsp3) is 0.909. The molecular weight excluding hydrogens is 256 g/mol. The van der Waals surface area contributed by atoms with Crippen molar-refractivity contribution in [2.24, 2.45) is 0 Å². The summed E-state index contributed by atoms with van der Waals surface area (Å²) >= 11 is 0. The van der Waals surface area contributed by atoms with Crippen molar-refractivity contribution in [1.29, 1.82) is 0 Å². The summed E-state index contributed by atoms with van der Waals surface area (Å²) in [4.78, 5) is 13.7. The second-order valence-electron chi connectivity index (χ2n) is 5.22. The van der Waals surface area contributed by atoms with E-state index in [1.54, 1.807) is 0 Å². The molecule has 3 atom stereocenters. The van der Waals surface area contributed by atoms with Crippen LogP contribution >= 0.6 is 0 Å². The second kappa shape index (κ2) is 5.14. The number of nitrogens with zero attached hydrogens (tertiary/aromatic N) is 1. The van der Waals surface area contributed by atoms with Gasteiger partial charge in [-0.25, -0.2) is 13.1 Å². The first-order valence-corrected chi connectivity index (χ1v) is 8.16. The van der Waals surface area contributed by atoms with Gasteiger partial charge in [0, 0.05) is 19.0 Å². The van der Waals surface area contributed by atoms with Crippen molar-refractivity contribution >= 4 is 16.0 Å². The van der Waals surface area contributed by atoms with Crippen molar-refractivity contribution < 1.29 is 17.9 Å². The average molecular weight is 276 g/mol. The van der Waals surface area contributed by atoms with Crippen molar-refractivity contribution in [2.75, 3.05) is 19.3 Å². The van der Waals surface area contributed by atoms with Gasteiger partial charge in [-0.2, -0.15) is 0 Å². The summed E-state index contributed by atoms with van der Waals surface area (Å²) in [7, 11) is -3.19. The van der Waals surface area contributed by atoms with E-state index >= 15 is 0 Å². The van der Waals surface area contributed by atoms with E-state index in [9.17, 15) is 13.2 Å². The Morgan fingerprint density at radius 3 is 2.72 bits per heavy atom. The monoisotopic (exact) mass is 276 g/mol. The van der Waals surface area contributed by atoms with E-state index < -0.39 is 10.0 Å². The number of nitrogens with one attached hydrogen (secondary N) is 1. The van der Waals surface area contributed by atoms with Crippen molar-refractivity contribution in [2.45, 2.75) is 44.4 Å². The largest absolute Gasteiger partial charge is 0.461 e. The first-order chi connectivity index (χ1) is 8.35. The lowest BCUT2D eigenvalue weighted by atomic mass is 10.0. The van der Waals surface area contributed by atoms with Gasteiger partial charge in [-0.15, -0.1) is 0 Å². The van der Waals surface area contributed by atoms with Gasteiger partial charge in [0.05, 0.1) is 6.26 Å². The van der Waals surface area contributed by atoms with E-state index in [0.717, 1.165) is 25.6 Å². The highest BCUT2D eigenvalue weighted by atomic mass is 32.2. The molecule has 2 fully saturated rings. The molecule has 0 bridgehead atoms. The maximum absolute atomic E-state index is 11.7. The molecule has 18 heavy (non-hydrogen) atoms. The van der Waals surface area contributed by atoms with Gasteiger partial charge in [0.25, 0.3) is 0 Å². The number of likely N-dealkylation sites (tertiary alicyclic amines) is 1. The van der Waals surface area contributed by atoms with Crippen LogP contribution in [-0.4, -0.2) is 56.8 Å². The summed E-state index contributed by atoms with van der Waals surface area (Å²) in [5.74, 6) is -0.178. The molecular formula is C11H20N2O4S. The quantitative estimate of drug-likeness (QED) is 0.717. The molecule has 2 saturated heterocycles. The third kappa shape index (κ3) is 3.43. The lowest BCUT2D eigenvalue weighted by molar-refractivity contribution is -0.145. The zero-order valence-corrected chi connectivity index (χ0v) is 11.6. The molecule has 0 aromatic carbocycles. The number of rotatable bonds is 3. The maximum atomic E-state index is 11.7. The molecule has 6 nitrogen and oxygen atoms in total. The molecule has 2 rings (SSSR count). The van der Waals surface area contributed by atoms with Crippen molar-refractivity contribution in [3.8, 4) is 0 Å². The summed E-state index contributed by atoms with van der Waals surface area (Å²) in [5.41, 5.74) is 0. The first-order valence-electron chi connectivity index (χ1n) is 6.27. The first kappa shape index (κ1) is 13.8. The van der Waals surface area contributed by atoms with Crippen LogP contribution in [0.1, 0.15) is 26.2 Å². The zero-order chi connectivity index (χ0) is 13.3. The van der Waals surface area contributed by atoms with Crippen molar-refractivity contribution in [3.63, 3.8) is 0 Å². The van der Waals surface area contributed by atoms with Gasteiger partial charge in [0.15, 0.2) is 0 Å². The minimum atomic E-state index is -3.19. The van der Waals surface area contributed by atoms with Gasteiger partial charge < -0.3 is 4.74 Å². The van der Waals surface area contributed by atoms with Gasteiger partial charge in [-0.1, -0.05) is 0 Å². The van der Waals surface area contributed by atoms with Crippen molar-refractivity contribution in [1.82, 2.24) is 9.62 Å². The Morgan fingerprint density at radius 2 is 2.17 bits per heavy atom. The Hall–Kier alpha value is -0.660. The Morgan fingerprint density at radius 1 is 1.44 bits per heavy atom. The molecule has 0 aliphatic carbocycles. The third-order valence-electron chi connectivity index (χ3n) is 3.42. The standard InChI is InChI=1S/C11H20N2O4S/c1-8-6-10(11(14)17-8)13-5-3-4-9(7-13)12-18(2,15)16/h8-10,12H,3-7H2,1-2H3/t8-,9+,10-/m1/s1. The highest BCUT2D eigenvalue weighted by Crippen LogP contribution is 2.23. The predicted molar refractivity (Wildman–Crippen MR) is 66.5 cm³/mol. The summed E-state index contributed by atoms with van der Waals surface area (Å²) in [6, 6.07) is -0.304. The lowest BCUT2D eigenvalue weighted by Crippen LogP contribution is -2.51. The Bertz CT molecular complexity index is 423. The second-order valence-corrected chi connectivity index (χ2v) is 7.00. The minimum absolute atomic E-state index is 0.0363. The molecule has 0 aromatic rings. The number of carbonyl (C=O) groups is 1. The number of carbonyl (C=O) groups excluding carboxylic acids is 1. The SMILES string of the molecule is C[C@@H]1C[C@@H](N2CCC[C@H](NS(C)(=O)=O)C2)C(=O)O1. The van der Waals surface area contributed by atoms with Crippen LogP contribution in [0.15, 0.2) is 0 Å². The number of hydrogen-bond donors (Lipinski definition) is 1. The highest BCUT2D eigenvalue weighted by molar-refractivity contribution is 7.88. The number of cyclic esters (lactones) is 1. The molecule has 0 saturated carbocycles. The molecule has 2 heterocycles. The summed E-state index contributed by atoms with van der Waals surface area (Å²) in [5, 5.41) is 0. The Kier molecular flexibility index (Phi) is 3.93. The number of piperidine rings is 1. The predicted octanol–water partition coefficient (Wildman–Crippen LogP) is -0.296. The number of sulfonamides is 1. The van der Waals surface area contributed by atoms with Gasteiger partial charge >= 0.3 is 5.97 Å². The minimum Gasteiger partial charge on any atom is -0.461 e. The van der Waals surface area contributed by atoms with Crippen molar-refractivity contribution in [3.05, 3.63) is 0 Å². The number of hydrogen-bond acceptors (Lipinski definition) is 5. The summed E-state index contributed by atoms with van der Waals surface area (Å²) < 4.78 is 30.2. The van der Waals surface area contributed by atoms with Gasteiger partial charge in [-0.3, -0.25) is 9.69 Å². The van der Waals surface area contributed by atoms with E-state index in [1.165, 1.54) is 0 Å². The topological polar surface area (TPSA) is 75.7 Å². The summed E-state index contributed by atoms with van der Waals surface area (Å²) in [6.45, 7) is 3.29. The molecule has 0 radical (unpaired) electrons. The van der Waals surface area contributed by atoms with Gasteiger partial charge in [-0.05, 0) is 26.3 Å². The number of ether oxygens (including phenoxy) is 1. The fourth-order valence-corrected chi connectivity index (χ4v) is 3.52. The van der Waals surface area contributed by atoms with Crippen LogP contribution in [0.5, 0.6) is 0 Å². The van der Waals surface area contributed by atoms with Crippen LogP contribution in [0, 0.1) is 0 Å². The van der Waals surface area contributed by atoms with E-state index in [0.29, 0.717) is 13.0 Å². The third-order valence-corrected chi connectivity index (χ3v) is 4.18. The van der Waals surface area contributed by atoms with Crippen LogP contribution < -0.4 is 4.72 Å². The molecule has 0 unspecified atom stereocenters. The van der Waals surface area contributed by atoms with Gasteiger partial charge in [0.2, 0.25) is 10.0 Å². The lowest BCUT2D eigenvalue weighted by Gasteiger charge is -2.34. The molecule has 104 valence electrons. The molecule has 0 amide bonds. The smallest absolute Gasteiger partial charge is 0.323 e. The van der Waals surface area contributed by atoms with E-state index in [1.807, 2.05) is 11.8 Å². The Balaban J connectivity index is 1.96. The highest BCUT2D eigenvalue weighted by Gasteiger charge is 2.38. The van der Waals surface area contributed by atoms with Gasteiger partial charge in [0.1, 0.15) is 12.1 Å². The van der Waals surface area contributed by atoms with Crippen LogP contribution in [0.3, 0.4) is 0 Å². The van der Waals surface area contributed by atoms with E-state index in [2.05, 4.69) is 4.72 Å². The molecule has 2 aliphatic rings. The van der Waals surface area contributed by atoms with Crippen LogP contribution in [-0.2, 0) is 19.6 Å². The molecule has 0 aromatic heterocycles. The molecule has 1 N–H and O–H groups in total. The molecule has 2 aliphatic heterocycles. The molecule has 0 spiro atoms. The normalized spacial score (nSPS) is 34.6. The van der Waals surface area contributed by atoms with Crippen LogP contribution in [0.25, 0.3) is 0 Å². The fourth-order valence-electron chi connectivity index (χ4n) is 2.72. The zero-order valence-electron chi connectivity index (χ0n) is 10.8.